The van der Waals surface area contributed by atoms with E-state index in [1.54, 1.807) is 30.1 Å². The molecule has 0 amide bonds. The highest BCUT2D eigenvalue weighted by atomic mass is 35.5. The standard InChI is InChI=1S/C13H16ClNO4S/c1-15(7-8-20(2,18)19)12-5-3-10(9-11(12)14)4-6-13(16)17/h3-6,9H,7-8H2,1-2H3,(H,16,17)/b6-4+. The van der Waals surface area contributed by atoms with Gasteiger partial charge in [0.05, 0.1) is 16.5 Å². The molecule has 1 aromatic carbocycles. The Balaban J connectivity index is 2.84. The van der Waals surface area contributed by atoms with Gasteiger partial charge < -0.3 is 10.0 Å². The number of rotatable bonds is 6. The number of sulfone groups is 1. The van der Waals surface area contributed by atoms with Crippen LogP contribution < -0.4 is 4.90 Å². The van der Waals surface area contributed by atoms with Gasteiger partial charge in [0.15, 0.2) is 0 Å². The van der Waals surface area contributed by atoms with Crippen LogP contribution >= 0.6 is 11.6 Å². The smallest absolute Gasteiger partial charge is 0.328 e. The van der Waals surface area contributed by atoms with Crippen molar-refractivity contribution in [1.82, 2.24) is 0 Å². The number of anilines is 1. The molecule has 0 aliphatic heterocycles. The Morgan fingerprint density at radius 1 is 1.45 bits per heavy atom. The number of halogens is 1. The fourth-order valence-electron chi connectivity index (χ4n) is 1.53. The summed E-state index contributed by atoms with van der Waals surface area (Å²) < 4.78 is 22.3. The lowest BCUT2D eigenvalue weighted by Gasteiger charge is -2.20. The Morgan fingerprint density at radius 3 is 2.60 bits per heavy atom. The van der Waals surface area contributed by atoms with E-state index < -0.39 is 15.8 Å². The predicted octanol–water partition coefficient (Wildman–Crippen LogP) is 1.92. The average molecular weight is 318 g/mol. The van der Waals surface area contributed by atoms with E-state index in [4.69, 9.17) is 16.7 Å². The van der Waals surface area contributed by atoms with Gasteiger partial charge in [0.1, 0.15) is 9.84 Å². The average Bonchev–Trinajstić information content (AvgIpc) is 2.32. The maximum atomic E-state index is 11.1. The van der Waals surface area contributed by atoms with Crippen molar-refractivity contribution in [2.75, 3.05) is 30.5 Å². The monoisotopic (exact) mass is 317 g/mol. The van der Waals surface area contributed by atoms with Gasteiger partial charge in [-0.25, -0.2) is 13.2 Å². The Labute approximate surface area is 123 Å². The summed E-state index contributed by atoms with van der Waals surface area (Å²) >= 11 is 6.12. The number of carbonyl (C=O) groups is 1. The minimum Gasteiger partial charge on any atom is -0.478 e. The quantitative estimate of drug-likeness (QED) is 0.811. The van der Waals surface area contributed by atoms with Crippen molar-refractivity contribution in [3.8, 4) is 0 Å². The second-order valence-electron chi connectivity index (χ2n) is 4.43. The van der Waals surface area contributed by atoms with Gasteiger partial charge in [-0.2, -0.15) is 0 Å². The third-order valence-electron chi connectivity index (χ3n) is 2.60. The molecule has 0 unspecified atom stereocenters. The number of hydrogen-bond acceptors (Lipinski definition) is 4. The summed E-state index contributed by atoms with van der Waals surface area (Å²) in [4.78, 5) is 12.2. The lowest BCUT2D eigenvalue weighted by Crippen LogP contribution is -2.25. The van der Waals surface area contributed by atoms with Crippen LogP contribution in [-0.4, -0.2) is 45.1 Å². The third-order valence-corrected chi connectivity index (χ3v) is 3.83. The number of carboxylic acids is 1. The van der Waals surface area contributed by atoms with Crippen molar-refractivity contribution >= 4 is 39.2 Å². The maximum Gasteiger partial charge on any atom is 0.328 e. The zero-order valence-electron chi connectivity index (χ0n) is 11.2. The number of hydrogen-bond donors (Lipinski definition) is 1. The van der Waals surface area contributed by atoms with Crippen LogP contribution in [0.5, 0.6) is 0 Å². The molecule has 0 aromatic heterocycles. The van der Waals surface area contributed by atoms with Gasteiger partial charge in [-0.15, -0.1) is 0 Å². The van der Waals surface area contributed by atoms with E-state index in [2.05, 4.69) is 0 Å². The Hall–Kier alpha value is -1.53. The first-order valence-electron chi connectivity index (χ1n) is 5.78. The normalized spacial score (nSPS) is 11.8. The van der Waals surface area contributed by atoms with E-state index in [1.165, 1.54) is 12.3 Å². The van der Waals surface area contributed by atoms with Gasteiger partial charge in [-0.1, -0.05) is 17.7 Å². The highest BCUT2D eigenvalue weighted by molar-refractivity contribution is 7.90. The van der Waals surface area contributed by atoms with Gasteiger partial charge in [-0.05, 0) is 23.8 Å². The summed E-state index contributed by atoms with van der Waals surface area (Å²) in [5, 5.41) is 8.99. The van der Waals surface area contributed by atoms with Gasteiger partial charge in [-0.3, -0.25) is 0 Å². The molecule has 7 heteroatoms. The van der Waals surface area contributed by atoms with Crippen LogP contribution in [0.25, 0.3) is 6.08 Å². The fourth-order valence-corrected chi connectivity index (χ4v) is 2.47. The van der Waals surface area contributed by atoms with Crippen molar-refractivity contribution < 1.29 is 18.3 Å². The van der Waals surface area contributed by atoms with Crippen LogP contribution in [0.15, 0.2) is 24.3 Å². The molecule has 0 bridgehead atoms. The molecule has 0 saturated carbocycles. The van der Waals surface area contributed by atoms with Crippen LogP contribution in [0.2, 0.25) is 5.02 Å². The highest BCUT2D eigenvalue weighted by Gasteiger charge is 2.09. The first-order chi connectivity index (χ1) is 9.19. The number of nitrogens with zero attached hydrogens (tertiary/aromatic N) is 1. The minimum absolute atomic E-state index is 0.0422. The molecule has 0 spiro atoms. The van der Waals surface area contributed by atoms with E-state index in [9.17, 15) is 13.2 Å². The van der Waals surface area contributed by atoms with E-state index in [-0.39, 0.29) is 5.75 Å². The number of carboxylic acid groups (broad SMARTS) is 1. The van der Waals surface area contributed by atoms with E-state index in [0.29, 0.717) is 22.8 Å². The molecule has 0 aliphatic rings. The largest absolute Gasteiger partial charge is 0.478 e. The van der Waals surface area contributed by atoms with Crippen LogP contribution in [-0.2, 0) is 14.6 Å². The molecule has 1 rings (SSSR count). The topological polar surface area (TPSA) is 74.7 Å². The second-order valence-corrected chi connectivity index (χ2v) is 7.10. The van der Waals surface area contributed by atoms with Crippen molar-refractivity contribution in [3.05, 3.63) is 34.9 Å². The molecule has 110 valence electrons. The van der Waals surface area contributed by atoms with Crippen LogP contribution in [0.4, 0.5) is 5.69 Å². The first-order valence-corrected chi connectivity index (χ1v) is 8.22. The van der Waals surface area contributed by atoms with Gasteiger partial charge in [0.25, 0.3) is 0 Å². The van der Waals surface area contributed by atoms with E-state index in [0.717, 1.165) is 6.08 Å². The lowest BCUT2D eigenvalue weighted by atomic mass is 10.2. The predicted molar refractivity (Wildman–Crippen MR) is 81.1 cm³/mol. The number of aliphatic carboxylic acids is 1. The fraction of sp³-hybridized carbons (Fsp3) is 0.308. The zero-order valence-corrected chi connectivity index (χ0v) is 12.8. The molecule has 5 nitrogen and oxygen atoms in total. The first kappa shape index (κ1) is 16.5. The minimum atomic E-state index is -3.03. The molecular weight excluding hydrogens is 302 g/mol. The zero-order chi connectivity index (χ0) is 15.3. The lowest BCUT2D eigenvalue weighted by molar-refractivity contribution is -0.131. The van der Waals surface area contributed by atoms with Crippen molar-refractivity contribution in [3.63, 3.8) is 0 Å². The van der Waals surface area contributed by atoms with Crippen molar-refractivity contribution in [1.29, 1.82) is 0 Å². The Kier molecular flexibility index (Phi) is 5.59. The van der Waals surface area contributed by atoms with Crippen molar-refractivity contribution in [2.24, 2.45) is 0 Å². The van der Waals surface area contributed by atoms with E-state index in [1.807, 2.05) is 0 Å². The summed E-state index contributed by atoms with van der Waals surface area (Å²) in [7, 11) is -1.28. The molecule has 0 radical (unpaired) electrons. The van der Waals surface area contributed by atoms with Crippen LogP contribution in [0, 0.1) is 0 Å². The summed E-state index contributed by atoms with van der Waals surface area (Å²) in [6, 6.07) is 5.08. The molecule has 0 saturated heterocycles. The third kappa shape index (κ3) is 5.63. The van der Waals surface area contributed by atoms with Gasteiger partial charge >= 0.3 is 5.97 Å². The molecule has 1 aromatic rings. The summed E-state index contributed by atoms with van der Waals surface area (Å²) in [6.45, 7) is 0.336. The summed E-state index contributed by atoms with van der Waals surface area (Å²) in [6.07, 6.45) is 3.65. The molecule has 0 fully saturated rings. The SMILES string of the molecule is CN(CCS(C)(=O)=O)c1ccc(/C=C/C(=O)O)cc1Cl. The molecule has 1 N–H and O–H groups in total. The molecular formula is C13H16ClNO4S. The molecule has 0 heterocycles. The molecule has 0 atom stereocenters. The Morgan fingerprint density at radius 2 is 2.10 bits per heavy atom. The van der Waals surface area contributed by atoms with Gasteiger partial charge in [0, 0.05) is 25.9 Å². The van der Waals surface area contributed by atoms with Crippen molar-refractivity contribution in [2.45, 2.75) is 0 Å². The Bertz CT molecular complexity index is 625. The van der Waals surface area contributed by atoms with Gasteiger partial charge in [0.2, 0.25) is 0 Å². The van der Waals surface area contributed by atoms with Crippen LogP contribution in [0.3, 0.4) is 0 Å². The summed E-state index contributed by atoms with van der Waals surface area (Å²) in [5.41, 5.74) is 1.36. The second kappa shape index (κ2) is 6.76. The van der Waals surface area contributed by atoms with Crippen LogP contribution in [0.1, 0.15) is 5.56 Å². The summed E-state index contributed by atoms with van der Waals surface area (Å²) in [5.74, 6) is -0.990. The molecule has 0 aliphatic carbocycles. The highest BCUT2D eigenvalue weighted by Crippen LogP contribution is 2.26. The van der Waals surface area contributed by atoms with E-state index >= 15 is 0 Å². The maximum absolute atomic E-state index is 11.1. The number of benzene rings is 1. The molecule has 20 heavy (non-hydrogen) atoms.